The maximum atomic E-state index is 11.4. The molecular weight excluding hydrogens is 362 g/mol. The quantitative estimate of drug-likeness (QED) is 0.642. The lowest BCUT2D eigenvalue weighted by atomic mass is 9.93. The largest absolute Gasteiger partial charge is 0.455 e. The second-order valence-electron chi connectivity index (χ2n) is 4.96. The Hall–Kier alpha value is -1.12. The van der Waals surface area contributed by atoms with Gasteiger partial charge in [-0.2, -0.15) is 8.42 Å². The van der Waals surface area contributed by atoms with Gasteiger partial charge in [0.2, 0.25) is 0 Å². The van der Waals surface area contributed by atoms with Gasteiger partial charge in [-0.05, 0) is 19.1 Å². The third-order valence-electron chi connectivity index (χ3n) is 3.08. The maximum absolute atomic E-state index is 11.4. The molecule has 3 atom stereocenters. The normalized spacial score (nSPS) is 24.9. The van der Waals surface area contributed by atoms with Gasteiger partial charge in [0, 0.05) is 22.6 Å². The molecule has 21 heavy (non-hydrogen) atoms. The molecule has 0 aliphatic carbocycles. The van der Waals surface area contributed by atoms with Crippen LogP contribution in [0.2, 0.25) is 0 Å². The zero-order valence-electron chi connectivity index (χ0n) is 11.8. The van der Waals surface area contributed by atoms with Gasteiger partial charge in [-0.3, -0.25) is 8.98 Å². The third-order valence-corrected chi connectivity index (χ3v) is 4.14. The van der Waals surface area contributed by atoms with E-state index in [0.717, 1.165) is 16.4 Å². The zero-order valence-corrected chi connectivity index (χ0v) is 14.2. The molecule has 1 aromatic rings. The minimum absolute atomic E-state index is 0.342. The van der Waals surface area contributed by atoms with Crippen LogP contribution in [0.3, 0.4) is 0 Å². The first kappa shape index (κ1) is 16.3. The molecule has 6 nitrogen and oxygen atoms in total. The van der Waals surface area contributed by atoms with E-state index in [9.17, 15) is 13.2 Å². The summed E-state index contributed by atoms with van der Waals surface area (Å²) in [6.07, 6.45) is -0.629. The highest BCUT2D eigenvalue weighted by molar-refractivity contribution is 9.10. The lowest BCUT2D eigenvalue weighted by molar-refractivity contribution is -0.152. The Morgan fingerprint density at radius 1 is 1.38 bits per heavy atom. The van der Waals surface area contributed by atoms with E-state index in [4.69, 9.17) is 8.92 Å². The molecule has 2 rings (SSSR count). The number of fused-ring (bicyclic) bond motifs is 1. The van der Waals surface area contributed by atoms with Gasteiger partial charge in [-0.15, -0.1) is 0 Å². The highest BCUT2D eigenvalue weighted by Crippen LogP contribution is 2.38. The molecule has 0 spiro atoms. The molecule has 0 unspecified atom stereocenters. The third kappa shape index (κ3) is 3.96. The van der Waals surface area contributed by atoms with E-state index >= 15 is 0 Å². The van der Waals surface area contributed by atoms with Gasteiger partial charge in [0.25, 0.3) is 10.1 Å². The summed E-state index contributed by atoms with van der Waals surface area (Å²) in [5.41, 5.74) is 1.46. The van der Waals surface area contributed by atoms with Crippen molar-refractivity contribution in [3.8, 4) is 0 Å². The van der Waals surface area contributed by atoms with Crippen molar-refractivity contribution in [2.45, 2.75) is 32.1 Å². The van der Waals surface area contributed by atoms with Gasteiger partial charge in [-0.25, -0.2) is 0 Å². The first-order valence-corrected chi connectivity index (χ1v) is 8.90. The Labute approximate surface area is 132 Å². The van der Waals surface area contributed by atoms with E-state index in [-0.39, 0.29) is 6.04 Å². The number of hydrogen-bond donors (Lipinski definition) is 1. The van der Waals surface area contributed by atoms with Gasteiger partial charge in [0.05, 0.1) is 12.3 Å². The summed E-state index contributed by atoms with van der Waals surface area (Å²) in [5, 5.41) is 3.17. The van der Waals surface area contributed by atoms with Crippen LogP contribution in [0.1, 0.15) is 25.5 Å². The van der Waals surface area contributed by atoms with Crippen LogP contribution in [-0.2, 0) is 23.8 Å². The van der Waals surface area contributed by atoms with Crippen molar-refractivity contribution >= 4 is 37.7 Å². The molecule has 116 valence electrons. The Morgan fingerprint density at radius 2 is 2.05 bits per heavy atom. The van der Waals surface area contributed by atoms with E-state index in [1.807, 2.05) is 6.07 Å². The fourth-order valence-corrected chi connectivity index (χ4v) is 3.35. The van der Waals surface area contributed by atoms with Crippen molar-refractivity contribution in [1.82, 2.24) is 0 Å². The number of ether oxygens (including phenoxy) is 1. The van der Waals surface area contributed by atoms with E-state index in [2.05, 4.69) is 21.2 Å². The number of carbonyl (C=O) groups excluding carboxylic acids is 1. The van der Waals surface area contributed by atoms with Crippen molar-refractivity contribution < 1.29 is 22.1 Å². The lowest BCUT2D eigenvalue weighted by Crippen LogP contribution is -2.44. The molecule has 0 bridgehead atoms. The highest BCUT2D eigenvalue weighted by Gasteiger charge is 2.39. The predicted octanol–water partition coefficient (Wildman–Crippen LogP) is 2.21. The molecule has 8 heteroatoms. The molecule has 0 aromatic heterocycles. The molecule has 0 saturated carbocycles. The number of carbonyl (C=O) groups is 1. The molecular formula is C13H16BrNO5S. The monoisotopic (exact) mass is 377 g/mol. The number of anilines is 1. The molecule has 1 aliphatic rings. The van der Waals surface area contributed by atoms with Gasteiger partial charge in [0.1, 0.15) is 6.10 Å². The number of rotatable bonds is 3. The number of nitrogens with one attached hydrogen (secondary N) is 1. The molecule has 0 amide bonds. The van der Waals surface area contributed by atoms with Crippen LogP contribution in [0, 0.1) is 0 Å². The number of halogens is 1. The summed E-state index contributed by atoms with van der Waals surface area (Å²) in [6, 6.07) is 5.07. The van der Waals surface area contributed by atoms with Crippen LogP contribution in [0.25, 0.3) is 0 Å². The van der Waals surface area contributed by atoms with Crippen molar-refractivity contribution in [2.24, 2.45) is 0 Å². The average molecular weight is 378 g/mol. The van der Waals surface area contributed by atoms with Gasteiger partial charge in [0.15, 0.2) is 6.10 Å². The molecule has 1 N–H and O–H groups in total. The molecule has 0 saturated heterocycles. The van der Waals surface area contributed by atoms with E-state index in [1.54, 1.807) is 19.1 Å². The van der Waals surface area contributed by atoms with Crippen molar-refractivity contribution in [1.29, 1.82) is 0 Å². The number of benzene rings is 1. The van der Waals surface area contributed by atoms with Crippen LogP contribution in [0.4, 0.5) is 5.69 Å². The summed E-state index contributed by atoms with van der Waals surface area (Å²) < 4.78 is 34.2. The standard InChI is InChI=1S/C13H16BrNO5S/c1-7-12(20-21(3,17)18)13(19-8(2)16)10-5-4-9(14)6-11(10)15-7/h4-7,12-13,15H,1-3H3/t7-,12-,13-/m1/s1. The van der Waals surface area contributed by atoms with Crippen LogP contribution in [0.15, 0.2) is 22.7 Å². The molecule has 0 radical (unpaired) electrons. The predicted molar refractivity (Wildman–Crippen MR) is 81.5 cm³/mol. The number of hydrogen-bond acceptors (Lipinski definition) is 6. The van der Waals surface area contributed by atoms with Crippen molar-refractivity contribution in [2.75, 3.05) is 11.6 Å². The Kier molecular flexibility index (Phi) is 4.60. The first-order valence-electron chi connectivity index (χ1n) is 6.29. The minimum atomic E-state index is -3.68. The second kappa shape index (κ2) is 5.94. The van der Waals surface area contributed by atoms with Crippen molar-refractivity contribution in [3.63, 3.8) is 0 Å². The fraction of sp³-hybridized carbons (Fsp3) is 0.462. The van der Waals surface area contributed by atoms with Gasteiger partial charge in [-0.1, -0.05) is 22.0 Å². The van der Waals surface area contributed by atoms with E-state index < -0.39 is 28.3 Å². The topological polar surface area (TPSA) is 81.7 Å². The van der Waals surface area contributed by atoms with Crippen LogP contribution < -0.4 is 5.32 Å². The van der Waals surface area contributed by atoms with E-state index in [0.29, 0.717) is 5.56 Å². The molecule has 1 aliphatic heterocycles. The Bertz CT molecular complexity index is 661. The van der Waals surface area contributed by atoms with Gasteiger partial charge < -0.3 is 10.1 Å². The second-order valence-corrected chi connectivity index (χ2v) is 7.48. The zero-order chi connectivity index (χ0) is 15.8. The summed E-state index contributed by atoms with van der Waals surface area (Å²) in [5.74, 6) is -0.495. The lowest BCUT2D eigenvalue weighted by Gasteiger charge is -2.37. The SMILES string of the molecule is CC(=O)O[C@@H]1c2ccc(Br)cc2N[C@H](C)[C@H]1OS(C)(=O)=O. The molecule has 0 fully saturated rings. The minimum Gasteiger partial charge on any atom is -0.455 e. The Balaban J connectivity index is 2.45. The smallest absolute Gasteiger partial charge is 0.303 e. The van der Waals surface area contributed by atoms with Crippen LogP contribution in [-0.4, -0.2) is 32.8 Å². The van der Waals surface area contributed by atoms with Gasteiger partial charge >= 0.3 is 5.97 Å². The van der Waals surface area contributed by atoms with Crippen LogP contribution >= 0.6 is 15.9 Å². The summed E-state index contributed by atoms with van der Waals surface area (Å²) in [4.78, 5) is 11.3. The molecule has 1 aromatic carbocycles. The Morgan fingerprint density at radius 3 is 2.62 bits per heavy atom. The summed E-state index contributed by atoms with van der Waals surface area (Å²) in [7, 11) is -3.68. The highest BCUT2D eigenvalue weighted by atomic mass is 79.9. The maximum Gasteiger partial charge on any atom is 0.303 e. The summed E-state index contributed by atoms with van der Waals surface area (Å²) >= 11 is 3.37. The van der Waals surface area contributed by atoms with E-state index in [1.165, 1.54) is 6.92 Å². The average Bonchev–Trinajstić information content (AvgIpc) is 2.31. The number of esters is 1. The first-order chi connectivity index (χ1) is 9.67. The fourth-order valence-electron chi connectivity index (χ4n) is 2.31. The van der Waals surface area contributed by atoms with Crippen molar-refractivity contribution in [3.05, 3.63) is 28.2 Å². The van der Waals surface area contributed by atoms with Crippen LogP contribution in [0.5, 0.6) is 0 Å². The molecule has 1 heterocycles. The summed E-state index contributed by atoms with van der Waals surface area (Å²) in [6.45, 7) is 3.05.